The van der Waals surface area contributed by atoms with E-state index in [4.69, 9.17) is 0 Å². The Bertz CT molecular complexity index is 246. The van der Waals surface area contributed by atoms with Crippen LogP contribution >= 0.6 is 11.8 Å². The Kier molecular flexibility index (Phi) is 3.64. The second-order valence-corrected chi connectivity index (χ2v) is 4.98. The summed E-state index contributed by atoms with van der Waals surface area (Å²) in [5.74, 6) is 0.293. The molecule has 84 valence electrons. The minimum absolute atomic E-state index is 0.0331. The van der Waals surface area contributed by atoms with Gasteiger partial charge in [-0.3, -0.25) is 19.4 Å². The fraction of sp³-hybridized carbons (Fsp3) is 0.800. The lowest BCUT2D eigenvalue weighted by Gasteiger charge is -2.24. The smallest absolute Gasteiger partial charge is 0.286 e. The van der Waals surface area contributed by atoms with Crippen molar-refractivity contribution in [2.45, 2.75) is 25.7 Å². The lowest BCUT2D eigenvalue weighted by molar-refractivity contribution is -0.126. The number of likely N-dealkylation sites (tertiary alicyclic amines) is 1. The van der Waals surface area contributed by atoms with Gasteiger partial charge < -0.3 is 0 Å². The Labute approximate surface area is 94.0 Å². The molecule has 0 aromatic carbocycles. The Balaban J connectivity index is 1.89. The van der Waals surface area contributed by atoms with Crippen molar-refractivity contribution in [1.29, 1.82) is 0 Å². The Morgan fingerprint density at radius 2 is 1.73 bits per heavy atom. The predicted octanol–water partition coefficient (Wildman–Crippen LogP) is 1.52. The lowest BCUT2D eigenvalue weighted by atomic mass is 10.2. The Morgan fingerprint density at radius 1 is 1.07 bits per heavy atom. The second kappa shape index (κ2) is 4.99. The largest absolute Gasteiger partial charge is 0.289 e. The zero-order valence-electron chi connectivity index (χ0n) is 8.78. The van der Waals surface area contributed by atoms with Crippen molar-refractivity contribution >= 4 is 22.9 Å². The van der Waals surface area contributed by atoms with Crippen LogP contribution in [0.1, 0.15) is 25.7 Å². The third-order valence-electron chi connectivity index (χ3n) is 2.88. The van der Waals surface area contributed by atoms with E-state index in [0.717, 1.165) is 24.9 Å². The summed E-state index contributed by atoms with van der Waals surface area (Å²) in [6.07, 6.45) is 4.91. The van der Waals surface area contributed by atoms with Gasteiger partial charge in [0.15, 0.2) is 0 Å². The summed E-state index contributed by atoms with van der Waals surface area (Å²) in [6, 6.07) is 0. The van der Waals surface area contributed by atoms with Crippen LogP contribution in [-0.4, -0.2) is 46.5 Å². The average molecular weight is 228 g/mol. The molecule has 0 radical (unpaired) electrons. The Hall–Kier alpha value is -0.550. The number of hydrogen-bond acceptors (Lipinski definition) is 4. The fourth-order valence-corrected chi connectivity index (χ4v) is 2.71. The van der Waals surface area contributed by atoms with Crippen molar-refractivity contribution in [3.63, 3.8) is 0 Å². The molecule has 2 aliphatic heterocycles. The van der Waals surface area contributed by atoms with Crippen LogP contribution in [0, 0.1) is 0 Å². The van der Waals surface area contributed by atoms with Crippen LogP contribution < -0.4 is 0 Å². The van der Waals surface area contributed by atoms with E-state index < -0.39 is 0 Å². The molecule has 0 saturated carbocycles. The fourth-order valence-electron chi connectivity index (χ4n) is 2.00. The summed E-state index contributed by atoms with van der Waals surface area (Å²) in [6.45, 7) is 2.54. The molecule has 0 N–H and O–H groups in total. The van der Waals surface area contributed by atoms with E-state index in [2.05, 4.69) is 4.90 Å². The summed E-state index contributed by atoms with van der Waals surface area (Å²) in [5.41, 5.74) is 0. The molecule has 2 aliphatic rings. The summed E-state index contributed by atoms with van der Waals surface area (Å²) < 4.78 is 0. The van der Waals surface area contributed by atoms with E-state index in [1.165, 1.54) is 30.6 Å². The third-order valence-corrected chi connectivity index (χ3v) is 3.74. The summed E-state index contributed by atoms with van der Waals surface area (Å²) in [4.78, 5) is 26.4. The van der Waals surface area contributed by atoms with Crippen LogP contribution in [0.2, 0.25) is 0 Å². The predicted molar refractivity (Wildman–Crippen MR) is 59.6 cm³/mol. The van der Waals surface area contributed by atoms with Crippen LogP contribution in [-0.2, 0) is 4.79 Å². The molecule has 2 fully saturated rings. The molecule has 0 aromatic rings. The van der Waals surface area contributed by atoms with Crippen molar-refractivity contribution < 1.29 is 9.59 Å². The average Bonchev–Trinajstić information content (AvgIpc) is 2.49. The number of hydrogen-bond donors (Lipinski definition) is 0. The molecular formula is C10H16N2O2S. The van der Waals surface area contributed by atoms with Crippen LogP contribution in [0.4, 0.5) is 4.79 Å². The first-order valence-corrected chi connectivity index (χ1v) is 6.45. The number of imide groups is 1. The van der Waals surface area contributed by atoms with Crippen LogP contribution in [0.5, 0.6) is 0 Å². The van der Waals surface area contributed by atoms with Crippen LogP contribution in [0.15, 0.2) is 0 Å². The number of carbonyl (C=O) groups is 2. The van der Waals surface area contributed by atoms with Gasteiger partial charge in [0.2, 0.25) is 5.91 Å². The summed E-state index contributed by atoms with van der Waals surface area (Å²) >= 11 is 1.12. The van der Waals surface area contributed by atoms with E-state index in [1.54, 1.807) is 0 Å². The highest BCUT2D eigenvalue weighted by Crippen LogP contribution is 2.20. The van der Waals surface area contributed by atoms with E-state index in [1.807, 2.05) is 0 Å². The minimum atomic E-state index is -0.0794. The SMILES string of the molecule is O=C1CSC(=O)N1CN1CCCCCC1. The third kappa shape index (κ3) is 2.72. The number of amides is 2. The van der Waals surface area contributed by atoms with Crippen molar-refractivity contribution in [3.05, 3.63) is 0 Å². The molecule has 2 amide bonds. The maximum atomic E-state index is 11.4. The first-order valence-electron chi connectivity index (χ1n) is 5.47. The molecule has 15 heavy (non-hydrogen) atoms. The monoisotopic (exact) mass is 228 g/mol. The Morgan fingerprint density at radius 3 is 2.27 bits per heavy atom. The molecule has 4 nitrogen and oxygen atoms in total. The standard InChI is InChI=1S/C10H16N2O2S/c13-9-7-15-10(14)12(9)8-11-5-3-1-2-4-6-11/h1-8H2. The molecule has 2 heterocycles. The van der Waals surface area contributed by atoms with Crippen molar-refractivity contribution in [2.75, 3.05) is 25.5 Å². The number of thioether (sulfide) groups is 1. The normalized spacial score (nSPS) is 24.7. The highest BCUT2D eigenvalue weighted by molar-refractivity contribution is 8.14. The summed E-state index contributed by atoms with van der Waals surface area (Å²) in [7, 11) is 0. The van der Waals surface area contributed by atoms with Gasteiger partial charge in [0.05, 0.1) is 12.4 Å². The zero-order valence-corrected chi connectivity index (χ0v) is 9.59. The van der Waals surface area contributed by atoms with Gasteiger partial charge in [0.25, 0.3) is 5.24 Å². The van der Waals surface area contributed by atoms with E-state index >= 15 is 0 Å². The van der Waals surface area contributed by atoms with Gasteiger partial charge in [0.1, 0.15) is 0 Å². The van der Waals surface area contributed by atoms with Crippen molar-refractivity contribution in [3.8, 4) is 0 Å². The van der Waals surface area contributed by atoms with Crippen molar-refractivity contribution in [1.82, 2.24) is 9.80 Å². The van der Waals surface area contributed by atoms with Gasteiger partial charge >= 0.3 is 0 Å². The number of rotatable bonds is 2. The van der Waals surface area contributed by atoms with Gasteiger partial charge in [-0.25, -0.2) is 0 Å². The highest BCUT2D eigenvalue weighted by atomic mass is 32.2. The molecular weight excluding hydrogens is 212 g/mol. The van der Waals surface area contributed by atoms with Crippen LogP contribution in [0.25, 0.3) is 0 Å². The molecule has 0 aliphatic carbocycles. The van der Waals surface area contributed by atoms with Crippen LogP contribution in [0.3, 0.4) is 0 Å². The lowest BCUT2D eigenvalue weighted by Crippen LogP contribution is -2.41. The maximum absolute atomic E-state index is 11.4. The molecule has 2 saturated heterocycles. The van der Waals surface area contributed by atoms with E-state index in [9.17, 15) is 9.59 Å². The van der Waals surface area contributed by atoms with Gasteiger partial charge in [-0.15, -0.1) is 0 Å². The van der Waals surface area contributed by atoms with E-state index in [-0.39, 0.29) is 11.1 Å². The molecule has 0 atom stereocenters. The highest BCUT2D eigenvalue weighted by Gasteiger charge is 2.31. The number of carbonyl (C=O) groups excluding carboxylic acids is 2. The quantitative estimate of drug-likeness (QED) is 0.718. The maximum Gasteiger partial charge on any atom is 0.289 e. The van der Waals surface area contributed by atoms with Gasteiger partial charge in [-0.1, -0.05) is 24.6 Å². The molecule has 2 rings (SSSR count). The summed E-state index contributed by atoms with van der Waals surface area (Å²) in [5, 5.41) is -0.0794. The topological polar surface area (TPSA) is 40.6 Å². The first kappa shape index (κ1) is 11.0. The zero-order chi connectivity index (χ0) is 10.7. The van der Waals surface area contributed by atoms with Gasteiger partial charge in [0, 0.05) is 0 Å². The molecule has 5 heteroatoms. The molecule has 0 unspecified atom stereocenters. The minimum Gasteiger partial charge on any atom is -0.286 e. The molecule has 0 bridgehead atoms. The first-order chi connectivity index (χ1) is 7.27. The second-order valence-electron chi connectivity index (χ2n) is 4.05. The van der Waals surface area contributed by atoms with Gasteiger partial charge in [-0.2, -0.15) is 0 Å². The number of nitrogens with zero attached hydrogens (tertiary/aromatic N) is 2. The van der Waals surface area contributed by atoms with Crippen molar-refractivity contribution in [2.24, 2.45) is 0 Å². The van der Waals surface area contributed by atoms with E-state index in [0.29, 0.717) is 12.4 Å². The van der Waals surface area contributed by atoms with Gasteiger partial charge in [-0.05, 0) is 25.9 Å². The molecule has 0 spiro atoms. The molecule has 0 aromatic heterocycles.